The Bertz CT molecular complexity index is 1250. The highest BCUT2D eigenvalue weighted by atomic mass is 35.5. The van der Waals surface area contributed by atoms with Crippen molar-refractivity contribution in [3.63, 3.8) is 0 Å². The molecule has 3 aromatic rings. The summed E-state index contributed by atoms with van der Waals surface area (Å²) in [6.07, 6.45) is 3.51. The van der Waals surface area contributed by atoms with E-state index in [0.717, 1.165) is 36.2 Å². The molecule has 1 aliphatic heterocycles. The van der Waals surface area contributed by atoms with Gasteiger partial charge in [0.05, 0.1) is 17.1 Å². The van der Waals surface area contributed by atoms with Crippen molar-refractivity contribution in [2.75, 3.05) is 17.9 Å². The van der Waals surface area contributed by atoms with Crippen LogP contribution in [0.1, 0.15) is 18.4 Å². The average Bonchev–Trinajstić information content (AvgIpc) is 3.29. The number of rotatable bonds is 8. The maximum Gasteiger partial charge on any atom is 0.266 e. The van der Waals surface area contributed by atoms with Crippen molar-refractivity contribution >= 4 is 44.4 Å². The van der Waals surface area contributed by atoms with E-state index in [9.17, 15) is 17.2 Å². The third-order valence-electron chi connectivity index (χ3n) is 5.06. The van der Waals surface area contributed by atoms with Crippen molar-refractivity contribution in [2.24, 2.45) is 0 Å². The average molecular weight is 512 g/mol. The molecule has 2 N–H and O–H groups in total. The standard InChI is InChI=1S/C22H20ClF2N3O3S2/c23-17-10-21(33(29,30)28-22-12-32-13-27-22)18(25)11-20(17)31-9-7-19-16(2-1-8-26-19)14-3-5-15(24)6-4-14/h2-6,10-13,19,26,28H,1,7-9H2. The summed E-state index contributed by atoms with van der Waals surface area (Å²) in [5.41, 5.74) is 3.41. The van der Waals surface area contributed by atoms with Gasteiger partial charge in [-0.15, -0.1) is 11.3 Å². The van der Waals surface area contributed by atoms with Crippen molar-refractivity contribution in [1.29, 1.82) is 0 Å². The number of nitrogens with one attached hydrogen (secondary N) is 2. The number of ether oxygens (including phenoxy) is 1. The van der Waals surface area contributed by atoms with Crippen molar-refractivity contribution in [1.82, 2.24) is 10.3 Å². The lowest BCUT2D eigenvalue weighted by Crippen LogP contribution is -2.35. The largest absolute Gasteiger partial charge is 0.492 e. The van der Waals surface area contributed by atoms with Crippen LogP contribution in [-0.4, -0.2) is 32.6 Å². The van der Waals surface area contributed by atoms with Gasteiger partial charge in [-0.2, -0.15) is 0 Å². The Balaban J connectivity index is 1.43. The van der Waals surface area contributed by atoms with Crippen LogP contribution < -0.4 is 14.8 Å². The van der Waals surface area contributed by atoms with Crippen LogP contribution in [0.4, 0.5) is 14.6 Å². The van der Waals surface area contributed by atoms with Gasteiger partial charge in [0.1, 0.15) is 22.3 Å². The molecule has 11 heteroatoms. The van der Waals surface area contributed by atoms with Crippen LogP contribution >= 0.6 is 22.9 Å². The van der Waals surface area contributed by atoms with Gasteiger partial charge in [0.25, 0.3) is 10.0 Å². The van der Waals surface area contributed by atoms with Crippen LogP contribution in [0.2, 0.25) is 5.02 Å². The van der Waals surface area contributed by atoms with E-state index in [1.54, 1.807) is 12.1 Å². The quantitative estimate of drug-likeness (QED) is 0.440. The highest BCUT2D eigenvalue weighted by molar-refractivity contribution is 7.92. The summed E-state index contributed by atoms with van der Waals surface area (Å²) in [6, 6.07) is 8.24. The molecule has 0 radical (unpaired) electrons. The van der Waals surface area contributed by atoms with E-state index in [-0.39, 0.29) is 35.1 Å². The zero-order valence-corrected chi connectivity index (χ0v) is 19.6. The molecule has 2 heterocycles. The zero-order valence-electron chi connectivity index (χ0n) is 17.2. The number of hydrogen-bond donors (Lipinski definition) is 2. The molecule has 33 heavy (non-hydrogen) atoms. The minimum atomic E-state index is -4.20. The third-order valence-corrected chi connectivity index (χ3v) is 7.32. The second kappa shape index (κ2) is 10.2. The number of hydrogen-bond acceptors (Lipinski definition) is 6. The molecular weight excluding hydrogens is 492 g/mol. The van der Waals surface area contributed by atoms with Gasteiger partial charge in [0.2, 0.25) is 0 Å². The Kier molecular flexibility index (Phi) is 7.28. The van der Waals surface area contributed by atoms with E-state index < -0.39 is 20.7 Å². The zero-order chi connectivity index (χ0) is 23.4. The first-order valence-corrected chi connectivity index (χ1v) is 12.9. The van der Waals surface area contributed by atoms with Gasteiger partial charge in [0.15, 0.2) is 5.82 Å². The maximum atomic E-state index is 14.6. The molecular formula is C22H20ClF2N3O3S2. The van der Waals surface area contributed by atoms with E-state index in [4.69, 9.17) is 16.3 Å². The predicted molar refractivity (Wildman–Crippen MR) is 125 cm³/mol. The second-order valence-corrected chi connectivity index (χ2v) is 10.1. The number of sulfonamides is 1. The summed E-state index contributed by atoms with van der Waals surface area (Å²) in [7, 11) is -4.20. The lowest BCUT2D eigenvalue weighted by Gasteiger charge is -2.26. The number of anilines is 1. The normalized spacial score (nSPS) is 16.3. The van der Waals surface area contributed by atoms with Gasteiger partial charge < -0.3 is 10.1 Å². The topological polar surface area (TPSA) is 80.3 Å². The van der Waals surface area contributed by atoms with Crippen LogP contribution in [0.15, 0.2) is 58.3 Å². The lowest BCUT2D eigenvalue weighted by molar-refractivity contribution is 0.295. The molecule has 0 amide bonds. The first-order chi connectivity index (χ1) is 15.8. The van der Waals surface area contributed by atoms with E-state index >= 15 is 0 Å². The smallest absolute Gasteiger partial charge is 0.266 e. The Morgan fingerprint density at radius 3 is 2.76 bits per heavy atom. The van der Waals surface area contributed by atoms with Crippen LogP contribution in [0.25, 0.3) is 5.57 Å². The minimum Gasteiger partial charge on any atom is -0.492 e. The van der Waals surface area contributed by atoms with Gasteiger partial charge in [-0.3, -0.25) is 4.72 Å². The second-order valence-electron chi connectivity index (χ2n) is 7.29. The molecule has 0 fully saturated rings. The Morgan fingerprint density at radius 2 is 2.03 bits per heavy atom. The van der Waals surface area contributed by atoms with E-state index in [1.165, 1.54) is 34.4 Å². The first kappa shape index (κ1) is 23.6. The molecule has 0 bridgehead atoms. The molecule has 174 valence electrons. The summed E-state index contributed by atoms with van der Waals surface area (Å²) in [6.45, 7) is 1.00. The molecule has 6 nitrogen and oxygen atoms in total. The monoisotopic (exact) mass is 511 g/mol. The Labute approximate surface area is 199 Å². The fraction of sp³-hybridized carbons (Fsp3) is 0.227. The summed E-state index contributed by atoms with van der Waals surface area (Å²) >= 11 is 7.39. The minimum absolute atomic E-state index is 0.0269. The van der Waals surface area contributed by atoms with Crippen molar-refractivity contribution < 1.29 is 21.9 Å². The van der Waals surface area contributed by atoms with E-state index in [0.29, 0.717) is 6.42 Å². The fourth-order valence-corrected chi connectivity index (χ4v) is 5.45. The molecule has 1 aliphatic rings. The van der Waals surface area contributed by atoms with Gasteiger partial charge in [-0.05, 0) is 42.3 Å². The molecule has 0 spiro atoms. The van der Waals surface area contributed by atoms with Crippen LogP contribution in [0, 0.1) is 11.6 Å². The molecule has 0 aliphatic carbocycles. The van der Waals surface area contributed by atoms with Crippen molar-refractivity contribution in [2.45, 2.75) is 23.8 Å². The van der Waals surface area contributed by atoms with E-state index in [1.807, 2.05) is 0 Å². The molecule has 0 saturated carbocycles. The van der Waals surface area contributed by atoms with Crippen LogP contribution in [0.5, 0.6) is 5.75 Å². The molecule has 0 saturated heterocycles. The maximum absolute atomic E-state index is 14.6. The molecule has 2 aromatic carbocycles. The SMILES string of the molecule is O=S(=O)(Nc1cscn1)c1cc(Cl)c(OCCC2NCCC=C2c2ccc(F)cc2)cc1F. The van der Waals surface area contributed by atoms with Gasteiger partial charge in [-0.25, -0.2) is 22.2 Å². The van der Waals surface area contributed by atoms with Crippen molar-refractivity contribution in [3.05, 3.63) is 75.6 Å². The summed E-state index contributed by atoms with van der Waals surface area (Å²) in [4.78, 5) is 3.24. The molecule has 1 aromatic heterocycles. The van der Waals surface area contributed by atoms with Crippen molar-refractivity contribution in [3.8, 4) is 5.75 Å². The van der Waals surface area contributed by atoms with Crippen LogP contribution in [-0.2, 0) is 10.0 Å². The number of halogens is 3. The number of thiazole rings is 1. The van der Waals surface area contributed by atoms with Gasteiger partial charge >= 0.3 is 0 Å². The molecule has 4 rings (SSSR count). The number of nitrogens with zero attached hydrogens (tertiary/aromatic N) is 1. The van der Waals surface area contributed by atoms with E-state index in [2.05, 4.69) is 21.1 Å². The highest BCUT2D eigenvalue weighted by Crippen LogP contribution is 2.31. The summed E-state index contributed by atoms with van der Waals surface area (Å²) < 4.78 is 60.7. The fourth-order valence-electron chi connectivity index (χ4n) is 3.53. The predicted octanol–water partition coefficient (Wildman–Crippen LogP) is 5.09. The Hall–Kier alpha value is -2.53. The highest BCUT2D eigenvalue weighted by Gasteiger charge is 2.23. The van der Waals surface area contributed by atoms with Gasteiger partial charge in [0, 0.05) is 23.9 Å². The number of aromatic nitrogens is 1. The number of benzene rings is 2. The third kappa shape index (κ3) is 5.70. The van der Waals surface area contributed by atoms with Gasteiger partial charge in [-0.1, -0.05) is 29.8 Å². The summed E-state index contributed by atoms with van der Waals surface area (Å²) in [5.74, 6) is -1.14. The Morgan fingerprint density at radius 1 is 1.24 bits per heavy atom. The lowest BCUT2D eigenvalue weighted by atomic mass is 9.93. The molecule has 1 atom stereocenters. The summed E-state index contributed by atoms with van der Waals surface area (Å²) in [5, 5.41) is 4.86. The van der Waals surface area contributed by atoms with Crippen LogP contribution in [0.3, 0.4) is 0 Å². The first-order valence-electron chi connectivity index (χ1n) is 10.1. The molecule has 1 unspecified atom stereocenters.